The molecule has 1 N–H and O–H groups in total. The van der Waals surface area contributed by atoms with Gasteiger partial charge in [0.05, 0.1) is 12.7 Å². The van der Waals surface area contributed by atoms with E-state index in [1.165, 1.54) is 19.4 Å². The average Bonchev–Trinajstić information content (AvgIpc) is 2.84. The van der Waals surface area contributed by atoms with E-state index in [4.69, 9.17) is 4.74 Å². The van der Waals surface area contributed by atoms with Crippen molar-refractivity contribution in [1.29, 1.82) is 0 Å². The van der Waals surface area contributed by atoms with Gasteiger partial charge in [0.25, 0.3) is 0 Å². The van der Waals surface area contributed by atoms with Crippen molar-refractivity contribution in [2.24, 2.45) is 11.3 Å². The lowest BCUT2D eigenvalue weighted by Gasteiger charge is -2.20. The van der Waals surface area contributed by atoms with Gasteiger partial charge < -0.3 is 10.1 Å². The third kappa shape index (κ3) is 3.58. The lowest BCUT2D eigenvalue weighted by molar-refractivity contribution is 0.0797. The van der Waals surface area contributed by atoms with Gasteiger partial charge in [0, 0.05) is 13.1 Å². The van der Waals surface area contributed by atoms with Crippen LogP contribution in [0, 0.1) is 11.3 Å². The summed E-state index contributed by atoms with van der Waals surface area (Å²) in [5.74, 6) is 0.820. The first-order valence-corrected chi connectivity index (χ1v) is 5.89. The highest BCUT2D eigenvalue weighted by atomic mass is 16.5. The molecule has 0 aromatic rings. The topological polar surface area (TPSA) is 21.3 Å². The maximum Gasteiger partial charge on any atom is 0.0594 e. The van der Waals surface area contributed by atoms with E-state index >= 15 is 0 Å². The van der Waals surface area contributed by atoms with Gasteiger partial charge >= 0.3 is 0 Å². The van der Waals surface area contributed by atoms with Crippen molar-refractivity contribution in [1.82, 2.24) is 5.32 Å². The molecule has 0 aliphatic heterocycles. The van der Waals surface area contributed by atoms with Crippen LogP contribution in [0.25, 0.3) is 0 Å². The molecule has 0 radical (unpaired) electrons. The van der Waals surface area contributed by atoms with E-state index in [1.807, 2.05) is 0 Å². The van der Waals surface area contributed by atoms with Crippen LogP contribution in [0.2, 0.25) is 0 Å². The normalized spacial score (nSPS) is 19.3. The molecule has 1 rings (SSSR count). The van der Waals surface area contributed by atoms with Crippen LogP contribution in [-0.2, 0) is 4.74 Å². The highest BCUT2D eigenvalue weighted by Crippen LogP contribution is 2.51. The van der Waals surface area contributed by atoms with Gasteiger partial charge in [-0.05, 0) is 38.0 Å². The molecule has 2 heteroatoms. The molecule has 0 heterocycles. The Morgan fingerprint density at radius 2 is 1.86 bits per heavy atom. The lowest BCUT2D eigenvalue weighted by Crippen LogP contribution is -2.30. The van der Waals surface area contributed by atoms with Crippen molar-refractivity contribution in [2.45, 2.75) is 46.6 Å². The maximum atomic E-state index is 5.47. The molecular formula is C12H25NO. The zero-order valence-electron chi connectivity index (χ0n) is 10.1. The fourth-order valence-corrected chi connectivity index (χ4v) is 1.82. The summed E-state index contributed by atoms with van der Waals surface area (Å²) in [5, 5.41) is 3.50. The van der Waals surface area contributed by atoms with Crippen molar-refractivity contribution in [3.63, 3.8) is 0 Å². The standard InChI is InChI=1S/C12H25NO/c1-10(2)12(5-6-12)9-13-7-8-14-11(3)4/h10-11,13H,5-9H2,1-4H3. The Bertz CT molecular complexity index is 162. The van der Waals surface area contributed by atoms with Crippen molar-refractivity contribution in [2.75, 3.05) is 19.7 Å². The van der Waals surface area contributed by atoms with E-state index in [0.717, 1.165) is 19.1 Å². The summed E-state index contributed by atoms with van der Waals surface area (Å²) in [4.78, 5) is 0. The van der Waals surface area contributed by atoms with E-state index in [1.54, 1.807) is 0 Å². The molecule has 14 heavy (non-hydrogen) atoms. The van der Waals surface area contributed by atoms with Crippen molar-refractivity contribution >= 4 is 0 Å². The fraction of sp³-hybridized carbons (Fsp3) is 1.00. The second-order valence-electron chi connectivity index (χ2n) is 5.11. The molecule has 0 saturated heterocycles. The summed E-state index contributed by atoms with van der Waals surface area (Å²) in [6.07, 6.45) is 3.17. The number of nitrogens with one attached hydrogen (secondary N) is 1. The largest absolute Gasteiger partial charge is 0.377 e. The van der Waals surface area contributed by atoms with E-state index in [2.05, 4.69) is 33.0 Å². The molecule has 1 saturated carbocycles. The molecule has 0 spiro atoms. The van der Waals surface area contributed by atoms with E-state index in [9.17, 15) is 0 Å². The number of rotatable bonds is 7. The molecule has 2 nitrogen and oxygen atoms in total. The summed E-state index contributed by atoms with van der Waals surface area (Å²) in [5.41, 5.74) is 0.623. The second-order valence-corrected chi connectivity index (χ2v) is 5.11. The highest BCUT2D eigenvalue weighted by molar-refractivity contribution is 4.96. The maximum absolute atomic E-state index is 5.47. The predicted octanol–water partition coefficient (Wildman–Crippen LogP) is 2.44. The van der Waals surface area contributed by atoms with Crippen LogP contribution >= 0.6 is 0 Å². The fourth-order valence-electron chi connectivity index (χ4n) is 1.82. The Morgan fingerprint density at radius 1 is 1.21 bits per heavy atom. The van der Waals surface area contributed by atoms with Gasteiger partial charge in [0.1, 0.15) is 0 Å². The first-order valence-electron chi connectivity index (χ1n) is 5.89. The molecule has 0 unspecified atom stereocenters. The molecule has 0 aromatic carbocycles. The third-order valence-electron chi connectivity index (χ3n) is 3.32. The second kappa shape index (κ2) is 5.13. The Kier molecular flexibility index (Phi) is 4.39. The quantitative estimate of drug-likeness (QED) is 0.636. The predicted molar refractivity (Wildman–Crippen MR) is 60.5 cm³/mol. The van der Waals surface area contributed by atoms with Gasteiger partial charge in [0.2, 0.25) is 0 Å². The summed E-state index contributed by atoms with van der Waals surface area (Å²) >= 11 is 0. The minimum absolute atomic E-state index is 0.358. The third-order valence-corrected chi connectivity index (χ3v) is 3.32. The molecule has 84 valence electrons. The molecule has 0 aromatic heterocycles. The Morgan fingerprint density at radius 3 is 2.29 bits per heavy atom. The molecular weight excluding hydrogens is 174 g/mol. The van der Waals surface area contributed by atoms with Crippen LogP contribution in [0.15, 0.2) is 0 Å². The van der Waals surface area contributed by atoms with E-state index in [0.29, 0.717) is 11.5 Å². The van der Waals surface area contributed by atoms with Crippen LogP contribution in [0.1, 0.15) is 40.5 Å². The van der Waals surface area contributed by atoms with Crippen molar-refractivity contribution in [3.05, 3.63) is 0 Å². The van der Waals surface area contributed by atoms with Gasteiger partial charge in [-0.1, -0.05) is 13.8 Å². The van der Waals surface area contributed by atoms with Gasteiger partial charge in [0.15, 0.2) is 0 Å². The first-order chi connectivity index (χ1) is 6.57. The van der Waals surface area contributed by atoms with Gasteiger partial charge in [-0.2, -0.15) is 0 Å². The first kappa shape index (κ1) is 12.0. The van der Waals surface area contributed by atoms with E-state index < -0.39 is 0 Å². The minimum atomic E-state index is 0.358. The summed E-state index contributed by atoms with van der Waals surface area (Å²) < 4.78 is 5.47. The monoisotopic (exact) mass is 199 g/mol. The number of hydrogen-bond donors (Lipinski definition) is 1. The molecule has 1 aliphatic rings. The Balaban J connectivity index is 1.99. The average molecular weight is 199 g/mol. The number of ether oxygens (including phenoxy) is 1. The molecule has 0 atom stereocenters. The zero-order valence-corrected chi connectivity index (χ0v) is 10.1. The molecule has 1 aliphatic carbocycles. The summed E-state index contributed by atoms with van der Waals surface area (Å²) in [7, 11) is 0. The van der Waals surface area contributed by atoms with Crippen LogP contribution < -0.4 is 5.32 Å². The SMILES string of the molecule is CC(C)OCCNCC1(C(C)C)CC1. The number of hydrogen-bond acceptors (Lipinski definition) is 2. The highest BCUT2D eigenvalue weighted by Gasteiger charge is 2.44. The van der Waals surface area contributed by atoms with Crippen molar-refractivity contribution in [3.8, 4) is 0 Å². The van der Waals surface area contributed by atoms with Crippen LogP contribution in [0.3, 0.4) is 0 Å². The molecule has 0 bridgehead atoms. The van der Waals surface area contributed by atoms with Gasteiger partial charge in [-0.25, -0.2) is 0 Å². The Labute approximate surface area is 88.4 Å². The minimum Gasteiger partial charge on any atom is -0.377 e. The van der Waals surface area contributed by atoms with Crippen molar-refractivity contribution < 1.29 is 4.74 Å². The lowest BCUT2D eigenvalue weighted by atomic mass is 9.92. The van der Waals surface area contributed by atoms with Crippen LogP contribution in [0.5, 0.6) is 0 Å². The van der Waals surface area contributed by atoms with Gasteiger partial charge in [-0.15, -0.1) is 0 Å². The zero-order chi connectivity index (χ0) is 10.6. The van der Waals surface area contributed by atoms with Crippen LogP contribution in [-0.4, -0.2) is 25.8 Å². The summed E-state index contributed by atoms with van der Waals surface area (Å²) in [6, 6.07) is 0. The Hall–Kier alpha value is -0.0800. The summed E-state index contributed by atoms with van der Waals surface area (Å²) in [6.45, 7) is 11.8. The molecule has 1 fully saturated rings. The van der Waals surface area contributed by atoms with Gasteiger partial charge in [-0.3, -0.25) is 0 Å². The van der Waals surface area contributed by atoms with Crippen LogP contribution in [0.4, 0.5) is 0 Å². The smallest absolute Gasteiger partial charge is 0.0594 e. The molecule has 0 amide bonds. The van der Waals surface area contributed by atoms with E-state index in [-0.39, 0.29) is 0 Å².